The molecule has 1 N–H and O–H groups in total. The molecule has 0 fully saturated rings. The SMILES string of the molecule is COC(=O)c1c(CCO)cccc1-c1ccc(I)cc1. The Morgan fingerprint density at radius 2 is 1.90 bits per heavy atom. The molecule has 3 nitrogen and oxygen atoms in total. The summed E-state index contributed by atoms with van der Waals surface area (Å²) < 4.78 is 6.02. The summed E-state index contributed by atoms with van der Waals surface area (Å²) >= 11 is 2.24. The molecule has 0 aliphatic carbocycles. The van der Waals surface area contributed by atoms with Crippen LogP contribution in [0, 0.1) is 3.57 Å². The molecule has 0 radical (unpaired) electrons. The van der Waals surface area contributed by atoms with Gasteiger partial charge in [-0.3, -0.25) is 0 Å². The van der Waals surface area contributed by atoms with Gasteiger partial charge in [-0.25, -0.2) is 4.79 Å². The summed E-state index contributed by atoms with van der Waals surface area (Å²) in [4.78, 5) is 12.1. The Bertz CT molecular complexity index is 606. The highest BCUT2D eigenvalue weighted by atomic mass is 127. The molecule has 0 aliphatic heterocycles. The van der Waals surface area contributed by atoms with Gasteiger partial charge in [0, 0.05) is 10.2 Å². The first-order valence-corrected chi connectivity index (χ1v) is 7.32. The number of halogens is 1. The fourth-order valence-electron chi connectivity index (χ4n) is 2.14. The summed E-state index contributed by atoms with van der Waals surface area (Å²) in [7, 11) is 1.37. The van der Waals surface area contributed by atoms with Gasteiger partial charge in [0.2, 0.25) is 0 Å². The fraction of sp³-hybridized carbons (Fsp3) is 0.188. The minimum atomic E-state index is -0.373. The summed E-state index contributed by atoms with van der Waals surface area (Å²) in [5.74, 6) is -0.373. The molecular weight excluding hydrogens is 367 g/mol. The maximum atomic E-state index is 12.1. The van der Waals surface area contributed by atoms with Crippen molar-refractivity contribution in [3.05, 3.63) is 57.2 Å². The Labute approximate surface area is 131 Å². The van der Waals surface area contributed by atoms with E-state index in [0.717, 1.165) is 20.3 Å². The minimum absolute atomic E-state index is 0.000135. The van der Waals surface area contributed by atoms with Gasteiger partial charge in [0.1, 0.15) is 0 Å². The lowest BCUT2D eigenvalue weighted by Crippen LogP contribution is -2.09. The Morgan fingerprint density at radius 1 is 1.20 bits per heavy atom. The van der Waals surface area contributed by atoms with E-state index in [1.54, 1.807) is 0 Å². The molecule has 0 heterocycles. The summed E-state index contributed by atoms with van der Waals surface area (Å²) in [6, 6.07) is 13.6. The number of benzene rings is 2. The third-order valence-electron chi connectivity index (χ3n) is 3.08. The Balaban J connectivity index is 2.59. The van der Waals surface area contributed by atoms with Gasteiger partial charge in [-0.2, -0.15) is 0 Å². The van der Waals surface area contributed by atoms with Crippen molar-refractivity contribution in [2.24, 2.45) is 0 Å². The van der Waals surface area contributed by atoms with Gasteiger partial charge in [0.15, 0.2) is 0 Å². The second-order valence-corrected chi connectivity index (χ2v) is 5.56. The molecule has 0 saturated carbocycles. The van der Waals surface area contributed by atoms with Crippen LogP contribution < -0.4 is 0 Å². The van der Waals surface area contributed by atoms with Crippen molar-refractivity contribution in [2.75, 3.05) is 13.7 Å². The number of carbonyl (C=O) groups is 1. The van der Waals surface area contributed by atoms with Crippen molar-refractivity contribution < 1.29 is 14.6 Å². The average molecular weight is 382 g/mol. The number of methoxy groups -OCH3 is 1. The van der Waals surface area contributed by atoms with Crippen LogP contribution in [0.25, 0.3) is 11.1 Å². The zero-order valence-corrected chi connectivity index (χ0v) is 13.3. The number of hydrogen-bond donors (Lipinski definition) is 1. The molecule has 104 valence electrons. The van der Waals surface area contributed by atoms with Gasteiger partial charge in [-0.15, -0.1) is 0 Å². The second kappa shape index (κ2) is 6.85. The van der Waals surface area contributed by atoms with Crippen LogP contribution in [0.4, 0.5) is 0 Å². The lowest BCUT2D eigenvalue weighted by atomic mass is 9.94. The molecule has 0 spiro atoms. The maximum Gasteiger partial charge on any atom is 0.338 e. The van der Waals surface area contributed by atoms with Crippen LogP contribution in [-0.2, 0) is 11.2 Å². The van der Waals surface area contributed by atoms with E-state index in [0.29, 0.717) is 12.0 Å². The molecule has 20 heavy (non-hydrogen) atoms. The molecule has 0 bridgehead atoms. The van der Waals surface area contributed by atoms with E-state index in [1.807, 2.05) is 42.5 Å². The molecule has 0 amide bonds. The van der Waals surface area contributed by atoms with Gasteiger partial charge in [-0.05, 0) is 57.8 Å². The van der Waals surface area contributed by atoms with Crippen molar-refractivity contribution in [1.82, 2.24) is 0 Å². The van der Waals surface area contributed by atoms with Crippen LogP contribution in [0.5, 0.6) is 0 Å². The van der Waals surface area contributed by atoms with Crippen LogP contribution in [0.1, 0.15) is 15.9 Å². The lowest BCUT2D eigenvalue weighted by molar-refractivity contribution is 0.0600. The highest BCUT2D eigenvalue weighted by Gasteiger charge is 2.17. The number of rotatable bonds is 4. The maximum absolute atomic E-state index is 12.1. The molecule has 0 atom stereocenters. The smallest absolute Gasteiger partial charge is 0.338 e. The van der Waals surface area contributed by atoms with E-state index in [1.165, 1.54) is 7.11 Å². The first-order chi connectivity index (χ1) is 9.67. The van der Waals surface area contributed by atoms with Gasteiger partial charge in [0.25, 0.3) is 0 Å². The van der Waals surface area contributed by atoms with Crippen LogP contribution in [0.3, 0.4) is 0 Å². The normalized spacial score (nSPS) is 10.3. The molecule has 2 rings (SSSR count). The number of aliphatic hydroxyl groups excluding tert-OH is 1. The molecule has 2 aromatic rings. The topological polar surface area (TPSA) is 46.5 Å². The van der Waals surface area contributed by atoms with Crippen molar-refractivity contribution in [3.8, 4) is 11.1 Å². The van der Waals surface area contributed by atoms with Gasteiger partial charge in [-0.1, -0.05) is 30.3 Å². The zero-order chi connectivity index (χ0) is 14.5. The Hall–Kier alpha value is -1.40. The first kappa shape index (κ1) is 15.0. The van der Waals surface area contributed by atoms with Crippen LogP contribution >= 0.6 is 22.6 Å². The largest absolute Gasteiger partial charge is 0.465 e. The number of esters is 1. The van der Waals surface area contributed by atoms with Gasteiger partial charge < -0.3 is 9.84 Å². The highest BCUT2D eigenvalue weighted by molar-refractivity contribution is 14.1. The Kier molecular flexibility index (Phi) is 5.14. The van der Waals surface area contributed by atoms with Crippen LogP contribution in [-0.4, -0.2) is 24.8 Å². The van der Waals surface area contributed by atoms with E-state index in [2.05, 4.69) is 22.6 Å². The summed E-state index contributed by atoms with van der Waals surface area (Å²) in [6.45, 7) is 0.000135. The molecule has 2 aromatic carbocycles. The van der Waals surface area contributed by atoms with Gasteiger partial charge in [0.05, 0.1) is 12.7 Å². The number of hydrogen-bond acceptors (Lipinski definition) is 3. The van der Waals surface area contributed by atoms with Crippen LogP contribution in [0.15, 0.2) is 42.5 Å². The van der Waals surface area contributed by atoms with E-state index in [-0.39, 0.29) is 12.6 Å². The van der Waals surface area contributed by atoms with Crippen molar-refractivity contribution in [2.45, 2.75) is 6.42 Å². The minimum Gasteiger partial charge on any atom is -0.465 e. The van der Waals surface area contributed by atoms with E-state index in [9.17, 15) is 4.79 Å². The third-order valence-corrected chi connectivity index (χ3v) is 3.80. The lowest BCUT2D eigenvalue weighted by Gasteiger charge is -2.13. The summed E-state index contributed by atoms with van der Waals surface area (Å²) in [5, 5.41) is 9.14. The number of ether oxygens (including phenoxy) is 1. The third kappa shape index (κ3) is 3.19. The van der Waals surface area contributed by atoms with Crippen molar-refractivity contribution in [3.63, 3.8) is 0 Å². The highest BCUT2D eigenvalue weighted by Crippen LogP contribution is 2.28. The van der Waals surface area contributed by atoms with Crippen molar-refractivity contribution in [1.29, 1.82) is 0 Å². The quantitative estimate of drug-likeness (QED) is 0.652. The first-order valence-electron chi connectivity index (χ1n) is 6.24. The summed E-state index contributed by atoms with van der Waals surface area (Å²) in [5.41, 5.74) is 3.13. The predicted octanol–water partition coefficient (Wildman–Crippen LogP) is 3.28. The van der Waals surface area contributed by atoms with E-state index < -0.39 is 0 Å². The predicted molar refractivity (Wildman–Crippen MR) is 86.7 cm³/mol. The number of carbonyl (C=O) groups excluding carboxylic acids is 1. The van der Waals surface area contributed by atoms with Gasteiger partial charge >= 0.3 is 5.97 Å². The molecule has 0 unspecified atom stereocenters. The average Bonchev–Trinajstić information content (AvgIpc) is 2.47. The molecular formula is C16H15IO3. The number of aliphatic hydroxyl groups is 1. The zero-order valence-electron chi connectivity index (χ0n) is 11.1. The molecule has 0 saturated heterocycles. The second-order valence-electron chi connectivity index (χ2n) is 4.31. The van der Waals surface area contributed by atoms with E-state index >= 15 is 0 Å². The monoisotopic (exact) mass is 382 g/mol. The molecule has 0 aliphatic rings. The standard InChI is InChI=1S/C16H15IO3/c1-20-16(19)15-12(9-10-18)3-2-4-14(15)11-5-7-13(17)8-6-11/h2-8,18H,9-10H2,1H3. The molecule has 0 aromatic heterocycles. The fourth-order valence-corrected chi connectivity index (χ4v) is 2.50. The van der Waals surface area contributed by atoms with Crippen molar-refractivity contribution >= 4 is 28.6 Å². The van der Waals surface area contributed by atoms with Crippen LogP contribution in [0.2, 0.25) is 0 Å². The Morgan fingerprint density at radius 3 is 2.50 bits per heavy atom. The summed E-state index contributed by atoms with van der Waals surface area (Å²) in [6.07, 6.45) is 0.433. The van der Waals surface area contributed by atoms with E-state index in [4.69, 9.17) is 9.84 Å². The molecule has 4 heteroatoms.